The molecule has 1 heterocycles. The number of hydrogen-bond donors (Lipinski definition) is 2. The first-order valence-corrected chi connectivity index (χ1v) is 7.61. The van der Waals surface area contributed by atoms with Crippen molar-refractivity contribution in [1.82, 2.24) is 4.90 Å². The molecule has 21 heavy (non-hydrogen) atoms. The topological polar surface area (TPSA) is 67.6 Å². The van der Waals surface area contributed by atoms with Crippen LogP contribution in [0.25, 0.3) is 0 Å². The zero-order valence-corrected chi connectivity index (χ0v) is 12.7. The maximum atomic E-state index is 12.2. The number of methoxy groups -OCH3 is 1. The molecular weight excluding hydrogens is 266 g/mol. The molecule has 0 radical (unpaired) electrons. The molecule has 1 fully saturated rings. The second kappa shape index (κ2) is 8.00. The molecule has 1 aliphatic heterocycles. The van der Waals surface area contributed by atoms with Crippen molar-refractivity contribution in [2.75, 3.05) is 32.1 Å². The van der Waals surface area contributed by atoms with Crippen LogP contribution in [0.3, 0.4) is 0 Å². The highest BCUT2D eigenvalue weighted by Gasteiger charge is 2.23. The van der Waals surface area contributed by atoms with Gasteiger partial charge in [0.25, 0.3) is 0 Å². The Balaban J connectivity index is 1.90. The minimum Gasteiger partial charge on any atom is -0.497 e. The van der Waals surface area contributed by atoms with Crippen molar-refractivity contribution in [3.8, 4) is 5.75 Å². The molecule has 0 aromatic heterocycles. The van der Waals surface area contributed by atoms with Crippen LogP contribution >= 0.6 is 0 Å². The summed E-state index contributed by atoms with van der Waals surface area (Å²) in [6, 6.07) is 7.86. The van der Waals surface area contributed by atoms with E-state index in [0.717, 1.165) is 37.2 Å². The second-order valence-electron chi connectivity index (χ2n) is 5.48. The highest BCUT2D eigenvalue weighted by molar-refractivity contribution is 5.92. The number of piperidine rings is 1. The third-order valence-corrected chi connectivity index (χ3v) is 3.95. The number of rotatable bonds is 6. The van der Waals surface area contributed by atoms with Gasteiger partial charge in [0, 0.05) is 17.8 Å². The van der Waals surface area contributed by atoms with Crippen LogP contribution in [0.4, 0.5) is 5.69 Å². The summed E-state index contributed by atoms with van der Waals surface area (Å²) >= 11 is 0. The molecular formula is C16H25N3O2. The zero-order valence-electron chi connectivity index (χ0n) is 12.7. The number of carbonyl (C=O) groups is 1. The van der Waals surface area contributed by atoms with Crippen LogP contribution in [0.5, 0.6) is 5.75 Å². The number of nitrogens with zero attached hydrogens (tertiary/aromatic N) is 1. The zero-order chi connectivity index (χ0) is 15.1. The van der Waals surface area contributed by atoms with Gasteiger partial charge in [0.2, 0.25) is 5.91 Å². The quantitative estimate of drug-likeness (QED) is 0.839. The monoisotopic (exact) mass is 291 g/mol. The van der Waals surface area contributed by atoms with Crippen molar-refractivity contribution in [1.29, 1.82) is 0 Å². The number of hydrogen-bond acceptors (Lipinski definition) is 4. The first-order chi connectivity index (χ1) is 10.2. The van der Waals surface area contributed by atoms with E-state index in [1.165, 1.54) is 6.42 Å². The molecule has 3 N–H and O–H groups in total. The highest BCUT2D eigenvalue weighted by Crippen LogP contribution is 2.20. The molecule has 116 valence electrons. The van der Waals surface area contributed by atoms with Crippen LogP contribution in [0, 0.1) is 0 Å². The maximum absolute atomic E-state index is 12.2. The molecule has 1 amide bonds. The van der Waals surface area contributed by atoms with Gasteiger partial charge in [0.05, 0.1) is 13.7 Å². The smallest absolute Gasteiger partial charge is 0.238 e. The summed E-state index contributed by atoms with van der Waals surface area (Å²) in [5.74, 6) is 0.763. The Morgan fingerprint density at radius 1 is 1.48 bits per heavy atom. The molecule has 0 bridgehead atoms. The van der Waals surface area contributed by atoms with E-state index in [9.17, 15) is 4.79 Å². The Bertz CT molecular complexity index is 463. The molecule has 0 aliphatic carbocycles. The number of anilines is 1. The Kier molecular flexibility index (Phi) is 6.02. The van der Waals surface area contributed by atoms with Gasteiger partial charge >= 0.3 is 0 Å². The summed E-state index contributed by atoms with van der Waals surface area (Å²) < 4.78 is 5.16. The molecule has 1 unspecified atom stereocenters. The lowest BCUT2D eigenvalue weighted by molar-refractivity contribution is -0.118. The lowest BCUT2D eigenvalue weighted by atomic mass is 9.99. The third-order valence-electron chi connectivity index (χ3n) is 3.95. The van der Waals surface area contributed by atoms with Crippen LogP contribution in [-0.2, 0) is 4.79 Å². The van der Waals surface area contributed by atoms with E-state index in [1.807, 2.05) is 24.3 Å². The summed E-state index contributed by atoms with van der Waals surface area (Å²) in [6.45, 7) is 2.09. The summed E-state index contributed by atoms with van der Waals surface area (Å²) in [4.78, 5) is 14.5. The second-order valence-corrected chi connectivity index (χ2v) is 5.48. The minimum atomic E-state index is 0.0205. The average Bonchev–Trinajstić information content (AvgIpc) is 2.49. The van der Waals surface area contributed by atoms with Gasteiger partial charge in [0.15, 0.2) is 0 Å². The van der Waals surface area contributed by atoms with Crippen LogP contribution in [0.15, 0.2) is 24.3 Å². The number of nitrogens with one attached hydrogen (secondary N) is 1. The molecule has 1 atom stereocenters. The van der Waals surface area contributed by atoms with E-state index < -0.39 is 0 Å². The van der Waals surface area contributed by atoms with Crippen LogP contribution in [0.1, 0.15) is 25.7 Å². The summed E-state index contributed by atoms with van der Waals surface area (Å²) in [6.07, 6.45) is 4.50. The molecule has 1 aromatic rings. The molecule has 5 nitrogen and oxygen atoms in total. The highest BCUT2D eigenvalue weighted by atomic mass is 16.5. The van der Waals surface area contributed by atoms with Crippen LogP contribution < -0.4 is 15.8 Å². The van der Waals surface area contributed by atoms with Crippen molar-refractivity contribution >= 4 is 11.6 Å². The van der Waals surface area contributed by atoms with E-state index in [2.05, 4.69) is 10.2 Å². The van der Waals surface area contributed by atoms with Gasteiger partial charge in [-0.25, -0.2) is 0 Å². The van der Waals surface area contributed by atoms with Gasteiger partial charge in [-0.2, -0.15) is 0 Å². The Labute approximate surface area is 126 Å². The lowest BCUT2D eigenvalue weighted by Crippen LogP contribution is -2.44. The number of carbonyl (C=O) groups excluding carboxylic acids is 1. The van der Waals surface area contributed by atoms with E-state index in [0.29, 0.717) is 19.1 Å². The van der Waals surface area contributed by atoms with Gasteiger partial charge in [0.1, 0.15) is 5.75 Å². The summed E-state index contributed by atoms with van der Waals surface area (Å²) in [5.41, 5.74) is 6.44. The maximum Gasteiger partial charge on any atom is 0.238 e. The van der Waals surface area contributed by atoms with Gasteiger partial charge in [-0.3, -0.25) is 9.69 Å². The lowest BCUT2D eigenvalue weighted by Gasteiger charge is -2.35. The van der Waals surface area contributed by atoms with E-state index >= 15 is 0 Å². The average molecular weight is 291 g/mol. The SMILES string of the molecule is COc1cccc(NC(=O)CN2CCCCC2CCN)c1. The fourth-order valence-electron chi connectivity index (χ4n) is 2.87. The number of nitrogens with two attached hydrogens (primary N) is 1. The van der Waals surface area contributed by atoms with E-state index in [4.69, 9.17) is 10.5 Å². The van der Waals surface area contributed by atoms with Crippen molar-refractivity contribution in [2.24, 2.45) is 5.73 Å². The van der Waals surface area contributed by atoms with Gasteiger partial charge < -0.3 is 15.8 Å². The van der Waals surface area contributed by atoms with Gasteiger partial charge in [-0.1, -0.05) is 12.5 Å². The van der Waals surface area contributed by atoms with Gasteiger partial charge in [-0.05, 0) is 44.5 Å². The molecule has 1 saturated heterocycles. The van der Waals surface area contributed by atoms with E-state index in [1.54, 1.807) is 7.11 Å². The normalized spacial score (nSPS) is 19.2. The number of benzene rings is 1. The first kappa shape index (κ1) is 15.8. The van der Waals surface area contributed by atoms with Crippen LogP contribution in [-0.4, -0.2) is 43.6 Å². The summed E-state index contributed by atoms with van der Waals surface area (Å²) in [5, 5.41) is 2.93. The van der Waals surface area contributed by atoms with Crippen molar-refractivity contribution < 1.29 is 9.53 Å². The first-order valence-electron chi connectivity index (χ1n) is 7.61. The van der Waals surface area contributed by atoms with Gasteiger partial charge in [-0.15, -0.1) is 0 Å². The molecule has 0 spiro atoms. The summed E-state index contributed by atoms with van der Waals surface area (Å²) in [7, 11) is 1.62. The molecule has 2 rings (SSSR count). The molecule has 0 saturated carbocycles. The minimum absolute atomic E-state index is 0.0205. The largest absolute Gasteiger partial charge is 0.497 e. The Hall–Kier alpha value is -1.59. The van der Waals surface area contributed by atoms with Crippen molar-refractivity contribution in [3.63, 3.8) is 0 Å². The number of likely N-dealkylation sites (tertiary alicyclic amines) is 1. The molecule has 1 aliphatic rings. The van der Waals surface area contributed by atoms with E-state index in [-0.39, 0.29) is 5.91 Å². The third kappa shape index (κ3) is 4.72. The Morgan fingerprint density at radius 2 is 2.33 bits per heavy atom. The predicted octanol–water partition coefficient (Wildman–Crippen LogP) is 1.84. The standard InChI is InChI=1S/C16H25N3O2/c1-21-15-7-4-5-13(11-15)18-16(20)12-19-10-3-2-6-14(19)8-9-17/h4-5,7,11,14H,2-3,6,8-10,12,17H2,1H3,(H,18,20). The molecule has 5 heteroatoms. The fourth-order valence-corrected chi connectivity index (χ4v) is 2.87. The van der Waals surface area contributed by atoms with Crippen molar-refractivity contribution in [2.45, 2.75) is 31.7 Å². The van der Waals surface area contributed by atoms with Crippen LogP contribution in [0.2, 0.25) is 0 Å². The Morgan fingerprint density at radius 3 is 3.10 bits per heavy atom. The number of amides is 1. The fraction of sp³-hybridized carbons (Fsp3) is 0.562. The van der Waals surface area contributed by atoms with Crippen molar-refractivity contribution in [3.05, 3.63) is 24.3 Å². The molecule has 1 aromatic carbocycles. The number of ether oxygens (including phenoxy) is 1. The predicted molar refractivity (Wildman–Crippen MR) is 84.5 cm³/mol.